The van der Waals surface area contributed by atoms with Crippen LogP contribution in [0.2, 0.25) is 5.02 Å². The molecule has 0 atom stereocenters. The third kappa shape index (κ3) is 6.65. The average Bonchev–Trinajstić information content (AvgIpc) is 2.86. The second-order valence-corrected chi connectivity index (χ2v) is 7.47. The summed E-state index contributed by atoms with van der Waals surface area (Å²) in [5, 5.41) is 13.6. The predicted octanol–water partition coefficient (Wildman–Crippen LogP) is 2.99. The van der Waals surface area contributed by atoms with Gasteiger partial charge in [0.25, 0.3) is 5.69 Å². The van der Waals surface area contributed by atoms with Gasteiger partial charge in [0.2, 0.25) is 5.91 Å². The highest BCUT2D eigenvalue weighted by Crippen LogP contribution is 2.27. The molecule has 0 spiro atoms. The topological polar surface area (TPSA) is 105 Å². The van der Waals surface area contributed by atoms with Gasteiger partial charge in [0.15, 0.2) is 0 Å². The number of nitrogens with zero attached hydrogens (tertiary/aromatic N) is 3. The average molecular weight is 413 g/mol. The second-order valence-electron chi connectivity index (χ2n) is 7.06. The molecule has 1 aromatic carbocycles. The van der Waals surface area contributed by atoms with Gasteiger partial charge >= 0.3 is 6.09 Å². The maximum absolute atomic E-state index is 12.3. The summed E-state index contributed by atoms with van der Waals surface area (Å²) in [6, 6.07) is 4.12. The van der Waals surface area contributed by atoms with Gasteiger partial charge in [-0.15, -0.1) is 0 Å². The van der Waals surface area contributed by atoms with Gasteiger partial charge in [-0.2, -0.15) is 0 Å². The van der Waals surface area contributed by atoms with Crippen LogP contribution in [0.4, 0.5) is 16.2 Å². The zero-order valence-electron chi connectivity index (χ0n) is 16.0. The number of anilines is 1. The lowest BCUT2D eigenvalue weighted by Gasteiger charge is -2.21. The van der Waals surface area contributed by atoms with Crippen molar-refractivity contribution in [1.29, 1.82) is 0 Å². The van der Waals surface area contributed by atoms with Crippen molar-refractivity contribution in [3.8, 4) is 0 Å². The molecule has 10 heteroatoms. The molecule has 0 bridgehead atoms. The normalized spacial score (nSPS) is 15.2. The number of hydrogen-bond donors (Lipinski definition) is 1. The van der Waals surface area contributed by atoms with Gasteiger partial charge in [-0.05, 0) is 24.5 Å². The van der Waals surface area contributed by atoms with E-state index >= 15 is 0 Å². The Kier molecular flexibility index (Phi) is 8.01. The molecule has 0 unspecified atom stereocenters. The Morgan fingerprint density at radius 1 is 1.29 bits per heavy atom. The molecule has 0 aliphatic carbocycles. The SMILES string of the molecule is CC(C)COC(=O)N1CCCN(CC(=O)Nc2ccc(Cl)c([N+](=O)[O-])c2)CC1. The highest BCUT2D eigenvalue weighted by atomic mass is 35.5. The molecular weight excluding hydrogens is 388 g/mol. The summed E-state index contributed by atoms with van der Waals surface area (Å²) >= 11 is 5.78. The minimum absolute atomic E-state index is 0.0139. The van der Waals surface area contributed by atoms with E-state index in [2.05, 4.69) is 5.32 Å². The van der Waals surface area contributed by atoms with Crippen LogP contribution >= 0.6 is 11.6 Å². The highest BCUT2D eigenvalue weighted by molar-refractivity contribution is 6.32. The van der Waals surface area contributed by atoms with Gasteiger partial charge in [-0.1, -0.05) is 25.4 Å². The van der Waals surface area contributed by atoms with Crippen LogP contribution in [0, 0.1) is 16.0 Å². The number of ether oxygens (including phenoxy) is 1. The van der Waals surface area contributed by atoms with E-state index in [1.165, 1.54) is 18.2 Å². The van der Waals surface area contributed by atoms with Crippen molar-refractivity contribution in [2.75, 3.05) is 44.6 Å². The van der Waals surface area contributed by atoms with E-state index in [4.69, 9.17) is 16.3 Å². The summed E-state index contributed by atoms with van der Waals surface area (Å²) in [6.45, 7) is 6.75. The van der Waals surface area contributed by atoms with Crippen molar-refractivity contribution < 1.29 is 19.2 Å². The lowest BCUT2D eigenvalue weighted by Crippen LogP contribution is -2.38. The van der Waals surface area contributed by atoms with E-state index in [1.54, 1.807) is 4.90 Å². The van der Waals surface area contributed by atoms with E-state index in [9.17, 15) is 19.7 Å². The Hall–Kier alpha value is -2.39. The Morgan fingerprint density at radius 3 is 2.71 bits per heavy atom. The third-order valence-corrected chi connectivity index (χ3v) is 4.50. The summed E-state index contributed by atoms with van der Waals surface area (Å²) in [7, 11) is 0. The molecule has 9 nitrogen and oxygen atoms in total. The Bertz CT molecular complexity index is 728. The number of benzene rings is 1. The van der Waals surface area contributed by atoms with Crippen LogP contribution in [0.3, 0.4) is 0 Å². The van der Waals surface area contributed by atoms with Crippen LogP contribution < -0.4 is 5.32 Å². The van der Waals surface area contributed by atoms with Crippen molar-refractivity contribution in [2.24, 2.45) is 5.92 Å². The Labute approximate surface area is 168 Å². The molecule has 154 valence electrons. The summed E-state index contributed by atoms with van der Waals surface area (Å²) < 4.78 is 5.26. The van der Waals surface area contributed by atoms with Crippen molar-refractivity contribution in [3.63, 3.8) is 0 Å². The van der Waals surface area contributed by atoms with Gasteiger partial charge in [-0.3, -0.25) is 19.8 Å². The number of carbonyl (C=O) groups excluding carboxylic acids is 2. The van der Waals surface area contributed by atoms with E-state index in [0.29, 0.717) is 38.5 Å². The van der Waals surface area contributed by atoms with Crippen LogP contribution in [-0.2, 0) is 9.53 Å². The quantitative estimate of drug-likeness (QED) is 0.568. The fourth-order valence-electron chi connectivity index (χ4n) is 2.77. The first-order valence-electron chi connectivity index (χ1n) is 9.14. The smallest absolute Gasteiger partial charge is 0.409 e. The van der Waals surface area contributed by atoms with Crippen LogP contribution in [0.15, 0.2) is 18.2 Å². The van der Waals surface area contributed by atoms with Crippen molar-refractivity contribution in [1.82, 2.24) is 9.80 Å². The summed E-state index contributed by atoms with van der Waals surface area (Å²) in [5.74, 6) is -0.00716. The van der Waals surface area contributed by atoms with Crippen LogP contribution in [-0.4, -0.2) is 66.1 Å². The number of rotatable bonds is 6. The van der Waals surface area contributed by atoms with Gasteiger partial charge in [0, 0.05) is 37.9 Å². The minimum Gasteiger partial charge on any atom is -0.449 e. The first-order valence-corrected chi connectivity index (χ1v) is 9.52. The molecule has 1 N–H and O–H groups in total. The number of hydrogen-bond acceptors (Lipinski definition) is 6. The molecule has 1 aliphatic rings. The van der Waals surface area contributed by atoms with Crippen LogP contribution in [0.1, 0.15) is 20.3 Å². The summed E-state index contributed by atoms with van der Waals surface area (Å²) in [4.78, 5) is 38.3. The van der Waals surface area contributed by atoms with Gasteiger partial charge in [0.1, 0.15) is 5.02 Å². The second kappa shape index (κ2) is 10.2. The van der Waals surface area contributed by atoms with E-state index in [1.807, 2.05) is 18.7 Å². The summed E-state index contributed by atoms with van der Waals surface area (Å²) in [6.07, 6.45) is 0.407. The molecule has 2 amide bonds. The van der Waals surface area contributed by atoms with Gasteiger partial charge in [-0.25, -0.2) is 4.79 Å². The number of amides is 2. The number of carbonyl (C=O) groups is 2. The molecule has 1 saturated heterocycles. The molecule has 0 aromatic heterocycles. The molecule has 0 saturated carbocycles. The van der Waals surface area contributed by atoms with E-state index in [0.717, 1.165) is 6.42 Å². The zero-order valence-corrected chi connectivity index (χ0v) is 16.8. The maximum Gasteiger partial charge on any atom is 0.409 e. The van der Waals surface area contributed by atoms with Gasteiger partial charge < -0.3 is 15.0 Å². The van der Waals surface area contributed by atoms with E-state index < -0.39 is 4.92 Å². The van der Waals surface area contributed by atoms with Crippen molar-refractivity contribution >= 4 is 35.0 Å². The fraction of sp³-hybridized carbons (Fsp3) is 0.556. The first kappa shape index (κ1) is 21.9. The standard InChI is InChI=1S/C18H25ClN4O5/c1-13(2)12-28-18(25)22-7-3-6-21(8-9-22)11-17(24)20-14-4-5-15(19)16(10-14)23(26)27/h4-5,10,13H,3,6-9,11-12H2,1-2H3,(H,20,24). The molecule has 1 aromatic rings. The largest absolute Gasteiger partial charge is 0.449 e. The lowest BCUT2D eigenvalue weighted by molar-refractivity contribution is -0.384. The number of nitrogens with one attached hydrogen (secondary N) is 1. The predicted molar refractivity (Wildman–Crippen MR) is 106 cm³/mol. The molecule has 1 aliphatic heterocycles. The zero-order chi connectivity index (χ0) is 20.7. The molecule has 1 fully saturated rings. The van der Waals surface area contributed by atoms with Crippen molar-refractivity contribution in [3.05, 3.63) is 33.3 Å². The van der Waals surface area contributed by atoms with E-state index in [-0.39, 0.29) is 35.2 Å². The Morgan fingerprint density at radius 2 is 2.04 bits per heavy atom. The molecule has 2 rings (SSSR count). The molecule has 1 heterocycles. The monoisotopic (exact) mass is 412 g/mol. The molecule has 0 radical (unpaired) electrons. The highest BCUT2D eigenvalue weighted by Gasteiger charge is 2.22. The van der Waals surface area contributed by atoms with Crippen molar-refractivity contribution in [2.45, 2.75) is 20.3 Å². The Balaban J connectivity index is 1.85. The summed E-state index contributed by atoms with van der Waals surface area (Å²) in [5.41, 5.74) is 0.0552. The lowest BCUT2D eigenvalue weighted by atomic mass is 10.2. The van der Waals surface area contributed by atoms with Crippen LogP contribution in [0.5, 0.6) is 0 Å². The van der Waals surface area contributed by atoms with Gasteiger partial charge in [0.05, 0.1) is 18.1 Å². The number of nitro groups is 1. The number of nitro benzene ring substituents is 1. The maximum atomic E-state index is 12.3. The van der Waals surface area contributed by atoms with Crippen LogP contribution in [0.25, 0.3) is 0 Å². The number of halogens is 1. The first-order chi connectivity index (χ1) is 13.3. The minimum atomic E-state index is -0.597. The third-order valence-electron chi connectivity index (χ3n) is 4.18. The molecular formula is C18H25ClN4O5. The molecule has 28 heavy (non-hydrogen) atoms. The fourth-order valence-corrected chi connectivity index (χ4v) is 2.96.